The predicted octanol–water partition coefficient (Wildman–Crippen LogP) is 2.42. The van der Waals surface area contributed by atoms with Crippen molar-refractivity contribution in [1.29, 1.82) is 5.26 Å². The highest BCUT2D eigenvalue weighted by Crippen LogP contribution is 2.25. The molecule has 0 saturated carbocycles. The van der Waals surface area contributed by atoms with Gasteiger partial charge in [-0.3, -0.25) is 4.79 Å². The summed E-state index contributed by atoms with van der Waals surface area (Å²) in [6.45, 7) is 2.68. The number of pyridine rings is 1. The van der Waals surface area contributed by atoms with Crippen molar-refractivity contribution in [3.63, 3.8) is 0 Å². The molecule has 1 aromatic carbocycles. The normalized spacial score (nSPS) is 14.2. The Bertz CT molecular complexity index is 1060. The number of anilines is 1. The molecule has 1 aliphatic heterocycles. The SMILES string of the molecule is COc1ccc2c(c1)cc(C(=O)N1CCN(c3ccc(C#N)cn3)CC1)n2C. The number of aromatic nitrogens is 2. The van der Waals surface area contributed by atoms with Crippen molar-refractivity contribution in [3.8, 4) is 11.8 Å². The van der Waals surface area contributed by atoms with Crippen molar-refractivity contribution >= 4 is 22.6 Å². The summed E-state index contributed by atoms with van der Waals surface area (Å²) in [5, 5.41) is 9.88. The molecule has 1 amide bonds. The number of hydrogen-bond acceptors (Lipinski definition) is 5. The molecular weight excluding hydrogens is 354 g/mol. The zero-order valence-corrected chi connectivity index (χ0v) is 15.9. The third-order valence-corrected chi connectivity index (χ3v) is 5.24. The molecular formula is C21H21N5O2. The van der Waals surface area contributed by atoms with Gasteiger partial charge in [0, 0.05) is 50.3 Å². The fourth-order valence-electron chi connectivity index (χ4n) is 3.60. The van der Waals surface area contributed by atoms with Gasteiger partial charge in [0.1, 0.15) is 23.3 Å². The van der Waals surface area contributed by atoms with Gasteiger partial charge in [0.05, 0.1) is 12.7 Å². The summed E-state index contributed by atoms with van der Waals surface area (Å²) in [4.78, 5) is 21.4. The van der Waals surface area contributed by atoms with Gasteiger partial charge in [-0.1, -0.05) is 0 Å². The van der Waals surface area contributed by atoms with E-state index in [1.165, 1.54) is 0 Å². The predicted molar refractivity (Wildman–Crippen MR) is 107 cm³/mol. The molecule has 0 atom stereocenters. The number of rotatable bonds is 3. The van der Waals surface area contributed by atoms with Gasteiger partial charge in [-0.25, -0.2) is 4.98 Å². The zero-order chi connectivity index (χ0) is 19.7. The smallest absolute Gasteiger partial charge is 0.270 e. The minimum absolute atomic E-state index is 0.0325. The standard InChI is InChI=1S/C21H21N5O2/c1-24-18-5-4-17(28-2)11-16(18)12-19(24)21(27)26-9-7-25(8-10-26)20-6-3-15(13-22)14-23-20/h3-6,11-12,14H,7-10H2,1-2H3. The van der Waals surface area contributed by atoms with Gasteiger partial charge in [0.25, 0.3) is 5.91 Å². The Labute approximate surface area is 163 Å². The number of aryl methyl sites for hydroxylation is 1. The second-order valence-corrected chi connectivity index (χ2v) is 6.81. The number of ether oxygens (including phenoxy) is 1. The number of piperazine rings is 1. The lowest BCUT2D eigenvalue weighted by Crippen LogP contribution is -2.49. The minimum Gasteiger partial charge on any atom is -0.497 e. The van der Waals surface area contributed by atoms with Gasteiger partial charge in [0.15, 0.2) is 0 Å². The lowest BCUT2D eigenvalue weighted by atomic mass is 10.2. The summed E-state index contributed by atoms with van der Waals surface area (Å²) in [5.41, 5.74) is 2.22. The number of methoxy groups -OCH3 is 1. The van der Waals surface area contributed by atoms with Crippen LogP contribution in [0.4, 0.5) is 5.82 Å². The van der Waals surface area contributed by atoms with Crippen LogP contribution in [-0.4, -0.2) is 53.6 Å². The van der Waals surface area contributed by atoms with E-state index in [-0.39, 0.29) is 5.91 Å². The second kappa shape index (κ2) is 7.24. The maximum Gasteiger partial charge on any atom is 0.270 e. The molecule has 3 heterocycles. The minimum atomic E-state index is 0.0325. The molecule has 142 valence electrons. The Kier molecular flexibility index (Phi) is 4.62. The van der Waals surface area contributed by atoms with E-state index in [9.17, 15) is 4.79 Å². The molecule has 1 fully saturated rings. The molecule has 0 unspecified atom stereocenters. The zero-order valence-electron chi connectivity index (χ0n) is 15.9. The van der Waals surface area contributed by atoms with E-state index in [1.807, 2.05) is 46.8 Å². The van der Waals surface area contributed by atoms with Crippen LogP contribution in [0.3, 0.4) is 0 Å². The van der Waals surface area contributed by atoms with Crippen LogP contribution in [0, 0.1) is 11.3 Å². The molecule has 2 aromatic heterocycles. The first-order valence-electron chi connectivity index (χ1n) is 9.14. The van der Waals surface area contributed by atoms with Crippen LogP contribution in [0.5, 0.6) is 5.75 Å². The largest absolute Gasteiger partial charge is 0.497 e. The Morgan fingerprint density at radius 2 is 1.93 bits per heavy atom. The van der Waals surface area contributed by atoms with Crippen molar-refractivity contribution in [2.75, 3.05) is 38.2 Å². The van der Waals surface area contributed by atoms with Crippen LogP contribution < -0.4 is 9.64 Å². The number of hydrogen-bond donors (Lipinski definition) is 0. The van der Waals surface area contributed by atoms with Crippen LogP contribution in [0.1, 0.15) is 16.1 Å². The monoisotopic (exact) mass is 375 g/mol. The molecule has 1 saturated heterocycles. The highest BCUT2D eigenvalue weighted by molar-refractivity contribution is 5.99. The summed E-state index contributed by atoms with van der Waals surface area (Å²) in [5.74, 6) is 1.65. The fourth-order valence-corrected chi connectivity index (χ4v) is 3.60. The summed E-state index contributed by atoms with van der Waals surface area (Å²) in [7, 11) is 3.55. The third kappa shape index (κ3) is 3.14. The number of amides is 1. The van der Waals surface area contributed by atoms with Gasteiger partial charge in [0.2, 0.25) is 0 Å². The molecule has 3 aromatic rings. The number of benzene rings is 1. The van der Waals surface area contributed by atoms with Crippen LogP contribution in [0.2, 0.25) is 0 Å². The Morgan fingerprint density at radius 3 is 2.57 bits per heavy atom. The van der Waals surface area contributed by atoms with Gasteiger partial charge in [-0.05, 0) is 36.4 Å². The molecule has 1 aliphatic rings. The molecule has 0 aliphatic carbocycles. The number of fused-ring (bicyclic) bond motifs is 1. The Morgan fingerprint density at radius 1 is 1.14 bits per heavy atom. The Balaban J connectivity index is 1.48. The van der Waals surface area contributed by atoms with E-state index >= 15 is 0 Å². The van der Waals surface area contributed by atoms with E-state index in [0.717, 1.165) is 22.5 Å². The van der Waals surface area contributed by atoms with Gasteiger partial charge < -0.3 is 19.1 Å². The fraction of sp³-hybridized carbons (Fsp3) is 0.286. The van der Waals surface area contributed by atoms with Crippen molar-refractivity contribution < 1.29 is 9.53 Å². The summed E-state index contributed by atoms with van der Waals surface area (Å²) in [6, 6.07) is 13.4. The first kappa shape index (κ1) is 17.9. The summed E-state index contributed by atoms with van der Waals surface area (Å²) in [6.07, 6.45) is 1.58. The number of nitrogens with zero attached hydrogens (tertiary/aromatic N) is 5. The number of carbonyl (C=O) groups excluding carboxylic acids is 1. The van der Waals surface area contributed by atoms with E-state index in [0.29, 0.717) is 37.4 Å². The molecule has 4 rings (SSSR count). The first-order chi connectivity index (χ1) is 13.6. The van der Waals surface area contributed by atoms with Crippen LogP contribution in [0.15, 0.2) is 42.6 Å². The van der Waals surface area contributed by atoms with Crippen LogP contribution >= 0.6 is 0 Å². The van der Waals surface area contributed by atoms with Gasteiger partial charge in [-0.2, -0.15) is 5.26 Å². The third-order valence-electron chi connectivity index (χ3n) is 5.24. The molecule has 0 radical (unpaired) electrons. The van der Waals surface area contributed by atoms with Crippen molar-refractivity contribution in [3.05, 3.63) is 53.9 Å². The molecule has 7 heteroatoms. The van der Waals surface area contributed by atoms with Crippen molar-refractivity contribution in [1.82, 2.24) is 14.5 Å². The molecule has 0 N–H and O–H groups in total. The highest BCUT2D eigenvalue weighted by atomic mass is 16.5. The second-order valence-electron chi connectivity index (χ2n) is 6.81. The molecule has 7 nitrogen and oxygen atoms in total. The first-order valence-corrected chi connectivity index (χ1v) is 9.14. The lowest BCUT2D eigenvalue weighted by Gasteiger charge is -2.35. The average molecular weight is 375 g/mol. The maximum absolute atomic E-state index is 13.1. The van der Waals surface area contributed by atoms with E-state index in [4.69, 9.17) is 10.00 Å². The quantitative estimate of drug-likeness (QED) is 0.703. The Hall–Kier alpha value is -3.53. The lowest BCUT2D eigenvalue weighted by molar-refractivity contribution is 0.0737. The van der Waals surface area contributed by atoms with Gasteiger partial charge >= 0.3 is 0 Å². The molecule has 0 bridgehead atoms. The van der Waals surface area contributed by atoms with Crippen LogP contribution in [-0.2, 0) is 7.05 Å². The average Bonchev–Trinajstić information content (AvgIpc) is 3.09. The van der Waals surface area contributed by atoms with E-state index in [1.54, 1.807) is 19.4 Å². The summed E-state index contributed by atoms with van der Waals surface area (Å²) >= 11 is 0. The van der Waals surface area contributed by atoms with E-state index in [2.05, 4.69) is 16.0 Å². The highest BCUT2D eigenvalue weighted by Gasteiger charge is 2.25. The summed E-state index contributed by atoms with van der Waals surface area (Å²) < 4.78 is 7.22. The molecule has 0 spiro atoms. The van der Waals surface area contributed by atoms with Crippen LogP contribution in [0.25, 0.3) is 10.9 Å². The van der Waals surface area contributed by atoms with Crippen molar-refractivity contribution in [2.24, 2.45) is 7.05 Å². The number of carbonyl (C=O) groups is 1. The van der Waals surface area contributed by atoms with Gasteiger partial charge in [-0.15, -0.1) is 0 Å². The van der Waals surface area contributed by atoms with Crippen molar-refractivity contribution in [2.45, 2.75) is 0 Å². The number of nitriles is 1. The topological polar surface area (TPSA) is 74.4 Å². The maximum atomic E-state index is 13.1. The van der Waals surface area contributed by atoms with E-state index < -0.39 is 0 Å². The molecule has 28 heavy (non-hydrogen) atoms.